The molecule has 0 radical (unpaired) electrons. The molecule has 5 nitrogen and oxygen atoms in total. The summed E-state index contributed by atoms with van der Waals surface area (Å²) in [5, 5.41) is 0. The number of nitrogens with zero attached hydrogens (tertiary/aromatic N) is 2. The summed E-state index contributed by atoms with van der Waals surface area (Å²) in [5.74, 6) is 2.23. The molecule has 1 aromatic rings. The van der Waals surface area contributed by atoms with Crippen LogP contribution >= 0.6 is 0 Å². The van der Waals surface area contributed by atoms with Gasteiger partial charge in [0.15, 0.2) is 0 Å². The fourth-order valence-corrected chi connectivity index (χ4v) is 3.32. The SMILES string of the molecule is COc1cc(OC)cc(C(=O)N2CCN(C(C)C3CC3)CC2)c1. The van der Waals surface area contributed by atoms with Crippen LogP contribution in [0.3, 0.4) is 0 Å². The van der Waals surface area contributed by atoms with Crippen LogP contribution < -0.4 is 9.47 Å². The lowest BCUT2D eigenvalue weighted by atomic mass is 10.1. The molecular weight excluding hydrogens is 292 g/mol. The van der Waals surface area contributed by atoms with Crippen LogP contribution in [0.2, 0.25) is 0 Å². The number of piperazine rings is 1. The van der Waals surface area contributed by atoms with Gasteiger partial charge in [-0.25, -0.2) is 0 Å². The molecular formula is C18H26N2O3. The number of rotatable bonds is 5. The predicted molar refractivity (Wildman–Crippen MR) is 89.2 cm³/mol. The zero-order valence-corrected chi connectivity index (χ0v) is 14.2. The first-order valence-corrected chi connectivity index (χ1v) is 8.38. The van der Waals surface area contributed by atoms with Crippen LogP contribution in [0.1, 0.15) is 30.1 Å². The highest BCUT2D eigenvalue weighted by Crippen LogP contribution is 2.35. The van der Waals surface area contributed by atoms with Gasteiger partial charge in [-0.3, -0.25) is 9.69 Å². The van der Waals surface area contributed by atoms with Crippen LogP contribution in [-0.4, -0.2) is 62.1 Å². The fourth-order valence-electron chi connectivity index (χ4n) is 3.32. The zero-order valence-electron chi connectivity index (χ0n) is 14.2. The number of carbonyl (C=O) groups excluding carboxylic acids is 1. The van der Waals surface area contributed by atoms with Crippen molar-refractivity contribution in [3.63, 3.8) is 0 Å². The van der Waals surface area contributed by atoms with E-state index in [0.717, 1.165) is 32.1 Å². The lowest BCUT2D eigenvalue weighted by molar-refractivity contribution is 0.0563. The second-order valence-electron chi connectivity index (χ2n) is 6.51. The lowest BCUT2D eigenvalue weighted by Crippen LogP contribution is -2.51. The minimum Gasteiger partial charge on any atom is -0.497 e. The van der Waals surface area contributed by atoms with Crippen molar-refractivity contribution < 1.29 is 14.3 Å². The smallest absolute Gasteiger partial charge is 0.254 e. The molecule has 0 aromatic heterocycles. The third-order valence-electron chi connectivity index (χ3n) is 5.08. The Balaban J connectivity index is 1.64. The van der Waals surface area contributed by atoms with Crippen LogP contribution in [-0.2, 0) is 0 Å². The average molecular weight is 318 g/mol. The molecule has 0 spiro atoms. The highest BCUT2D eigenvalue weighted by atomic mass is 16.5. The first kappa shape index (κ1) is 16.1. The molecule has 3 rings (SSSR count). The van der Waals surface area contributed by atoms with E-state index < -0.39 is 0 Å². The Morgan fingerprint density at radius 3 is 2.09 bits per heavy atom. The second kappa shape index (κ2) is 6.79. The van der Waals surface area contributed by atoms with E-state index in [1.54, 1.807) is 32.4 Å². The first-order valence-electron chi connectivity index (χ1n) is 8.38. The van der Waals surface area contributed by atoms with E-state index in [2.05, 4.69) is 11.8 Å². The van der Waals surface area contributed by atoms with Crippen LogP contribution in [0.15, 0.2) is 18.2 Å². The van der Waals surface area contributed by atoms with Gasteiger partial charge in [-0.15, -0.1) is 0 Å². The summed E-state index contributed by atoms with van der Waals surface area (Å²) in [6.07, 6.45) is 2.73. The van der Waals surface area contributed by atoms with Gasteiger partial charge >= 0.3 is 0 Å². The average Bonchev–Trinajstić information content (AvgIpc) is 3.45. The highest BCUT2D eigenvalue weighted by molar-refractivity contribution is 5.95. The molecule has 0 bridgehead atoms. The summed E-state index contributed by atoms with van der Waals surface area (Å²) in [5.41, 5.74) is 0.630. The highest BCUT2D eigenvalue weighted by Gasteiger charge is 2.34. The quantitative estimate of drug-likeness (QED) is 0.835. The van der Waals surface area contributed by atoms with E-state index in [1.165, 1.54) is 12.8 Å². The molecule has 2 fully saturated rings. The Kier molecular flexibility index (Phi) is 4.76. The molecule has 2 aliphatic rings. The molecule has 1 saturated carbocycles. The predicted octanol–water partition coefficient (Wildman–Crippen LogP) is 2.26. The summed E-state index contributed by atoms with van der Waals surface area (Å²) in [7, 11) is 3.20. The summed E-state index contributed by atoms with van der Waals surface area (Å²) < 4.78 is 10.5. The van der Waals surface area contributed by atoms with Gasteiger partial charge in [-0.05, 0) is 37.8 Å². The largest absolute Gasteiger partial charge is 0.497 e. The molecule has 1 unspecified atom stereocenters. The fraction of sp³-hybridized carbons (Fsp3) is 0.611. The van der Waals surface area contributed by atoms with Gasteiger partial charge < -0.3 is 14.4 Å². The maximum atomic E-state index is 12.8. The third-order valence-corrected chi connectivity index (χ3v) is 5.08. The Morgan fingerprint density at radius 2 is 1.61 bits per heavy atom. The molecule has 1 atom stereocenters. The van der Waals surface area contributed by atoms with Gasteiger partial charge in [0.1, 0.15) is 11.5 Å². The van der Waals surface area contributed by atoms with E-state index in [0.29, 0.717) is 23.1 Å². The van der Waals surface area contributed by atoms with Gasteiger partial charge in [-0.2, -0.15) is 0 Å². The van der Waals surface area contributed by atoms with Crippen molar-refractivity contribution in [3.05, 3.63) is 23.8 Å². The van der Waals surface area contributed by atoms with Gasteiger partial charge in [0.2, 0.25) is 0 Å². The Morgan fingerprint density at radius 1 is 1.04 bits per heavy atom. The molecule has 1 saturated heterocycles. The van der Waals surface area contributed by atoms with Crippen LogP contribution in [0.25, 0.3) is 0 Å². The number of benzene rings is 1. The molecule has 1 aromatic carbocycles. The number of hydrogen-bond donors (Lipinski definition) is 0. The molecule has 126 valence electrons. The molecule has 1 amide bonds. The normalized spacial score (nSPS) is 20.2. The van der Waals surface area contributed by atoms with E-state index in [1.807, 2.05) is 4.90 Å². The van der Waals surface area contributed by atoms with Crippen LogP contribution in [0.5, 0.6) is 11.5 Å². The van der Waals surface area contributed by atoms with Crippen LogP contribution in [0, 0.1) is 5.92 Å². The van der Waals surface area contributed by atoms with E-state index in [4.69, 9.17) is 9.47 Å². The molecule has 1 aliphatic carbocycles. The van der Waals surface area contributed by atoms with Crippen molar-refractivity contribution in [2.24, 2.45) is 5.92 Å². The number of methoxy groups -OCH3 is 2. The van der Waals surface area contributed by atoms with Gasteiger partial charge in [0.05, 0.1) is 14.2 Å². The van der Waals surface area contributed by atoms with E-state index in [-0.39, 0.29) is 5.91 Å². The van der Waals surface area contributed by atoms with Crippen LogP contribution in [0.4, 0.5) is 0 Å². The Hall–Kier alpha value is -1.75. The van der Waals surface area contributed by atoms with Crippen molar-refractivity contribution in [1.29, 1.82) is 0 Å². The maximum Gasteiger partial charge on any atom is 0.254 e. The standard InChI is InChI=1S/C18H26N2O3/c1-13(14-4-5-14)19-6-8-20(9-7-19)18(21)15-10-16(22-2)12-17(11-15)23-3/h10-14H,4-9H2,1-3H3. The topological polar surface area (TPSA) is 42.0 Å². The monoisotopic (exact) mass is 318 g/mol. The summed E-state index contributed by atoms with van der Waals surface area (Å²) in [6.45, 7) is 5.82. The summed E-state index contributed by atoms with van der Waals surface area (Å²) in [6, 6.07) is 6.00. The van der Waals surface area contributed by atoms with Crippen molar-refractivity contribution in [3.8, 4) is 11.5 Å². The van der Waals surface area contributed by atoms with E-state index in [9.17, 15) is 4.79 Å². The van der Waals surface area contributed by atoms with Crippen molar-refractivity contribution in [2.45, 2.75) is 25.8 Å². The van der Waals surface area contributed by atoms with Crippen molar-refractivity contribution >= 4 is 5.91 Å². The Bertz CT molecular complexity index is 541. The number of carbonyl (C=O) groups is 1. The van der Waals surface area contributed by atoms with Gasteiger partial charge in [0.25, 0.3) is 5.91 Å². The lowest BCUT2D eigenvalue weighted by Gasteiger charge is -2.38. The molecule has 5 heteroatoms. The summed E-state index contributed by atoms with van der Waals surface area (Å²) >= 11 is 0. The van der Waals surface area contributed by atoms with Gasteiger partial charge in [-0.1, -0.05) is 0 Å². The molecule has 23 heavy (non-hydrogen) atoms. The van der Waals surface area contributed by atoms with Crippen molar-refractivity contribution in [1.82, 2.24) is 9.80 Å². The third kappa shape index (κ3) is 3.61. The number of hydrogen-bond acceptors (Lipinski definition) is 4. The number of ether oxygens (including phenoxy) is 2. The minimum atomic E-state index is 0.0564. The molecule has 1 aliphatic heterocycles. The summed E-state index contributed by atoms with van der Waals surface area (Å²) in [4.78, 5) is 17.2. The molecule has 1 heterocycles. The first-order chi connectivity index (χ1) is 11.1. The minimum absolute atomic E-state index is 0.0564. The second-order valence-corrected chi connectivity index (χ2v) is 6.51. The van der Waals surface area contributed by atoms with Gasteiger partial charge in [0, 0.05) is 43.9 Å². The Labute approximate surface area is 138 Å². The molecule has 0 N–H and O–H groups in total. The maximum absolute atomic E-state index is 12.8. The van der Waals surface area contributed by atoms with E-state index >= 15 is 0 Å². The zero-order chi connectivity index (χ0) is 16.4. The van der Waals surface area contributed by atoms with Crippen molar-refractivity contribution in [2.75, 3.05) is 40.4 Å². The number of amides is 1.